The zero-order chi connectivity index (χ0) is 42.9. The van der Waals surface area contributed by atoms with Crippen LogP contribution in [0.3, 0.4) is 0 Å². The van der Waals surface area contributed by atoms with Gasteiger partial charge in [-0.1, -0.05) is 159 Å². The number of ether oxygens (including phenoxy) is 2. The van der Waals surface area contributed by atoms with E-state index in [1.165, 1.54) is 128 Å². The van der Waals surface area contributed by atoms with Crippen molar-refractivity contribution in [1.82, 2.24) is 4.90 Å². The predicted octanol–water partition coefficient (Wildman–Crippen LogP) is 15.9. The quantitative estimate of drug-likeness (QED) is 0.0350. The fourth-order valence-electron chi connectivity index (χ4n) is 8.25. The summed E-state index contributed by atoms with van der Waals surface area (Å²) in [5.74, 6) is 0.189. The van der Waals surface area contributed by atoms with E-state index in [1.807, 2.05) is 19.0 Å². The first-order valence-corrected chi connectivity index (χ1v) is 25.2. The molecule has 0 aromatic carbocycles. The van der Waals surface area contributed by atoms with Crippen molar-refractivity contribution >= 4 is 11.9 Å². The molecular formula is C54H95NO4. The summed E-state index contributed by atoms with van der Waals surface area (Å²) < 4.78 is 12.3. The molecule has 0 amide bonds. The molecule has 0 N–H and O–H groups in total. The zero-order valence-electron chi connectivity index (χ0n) is 39.5. The lowest BCUT2D eigenvalue weighted by Gasteiger charge is -2.25. The third kappa shape index (κ3) is 33.9. The van der Waals surface area contributed by atoms with Gasteiger partial charge in [0.2, 0.25) is 0 Å². The number of rotatable bonds is 40. The molecule has 340 valence electrons. The molecule has 0 saturated heterocycles. The van der Waals surface area contributed by atoms with Crippen LogP contribution >= 0.6 is 0 Å². The number of unbranched alkanes of at least 4 members (excludes halogenated alkanes) is 18. The van der Waals surface area contributed by atoms with Crippen molar-refractivity contribution in [3.8, 4) is 0 Å². The van der Waals surface area contributed by atoms with Gasteiger partial charge in [0.1, 0.15) is 12.2 Å². The average Bonchev–Trinajstić information content (AvgIpc) is 3.58. The van der Waals surface area contributed by atoms with Crippen LogP contribution in [0.5, 0.6) is 0 Å². The Morgan fingerprint density at radius 3 is 1.51 bits per heavy atom. The van der Waals surface area contributed by atoms with Crippen LogP contribution in [0.2, 0.25) is 0 Å². The summed E-state index contributed by atoms with van der Waals surface area (Å²) in [6.07, 6.45) is 59.1. The van der Waals surface area contributed by atoms with Crippen molar-refractivity contribution in [3.05, 3.63) is 60.8 Å². The van der Waals surface area contributed by atoms with Gasteiger partial charge >= 0.3 is 11.9 Å². The normalized spacial score (nSPS) is 17.4. The van der Waals surface area contributed by atoms with E-state index in [1.54, 1.807) is 0 Å². The van der Waals surface area contributed by atoms with Gasteiger partial charge in [0.25, 0.3) is 0 Å². The minimum atomic E-state index is -0.127. The standard InChI is InChI=1S/C54H95NO4/c1-6-9-12-14-16-18-20-22-24-26-28-30-32-34-36-39-41-50(42-40-37-35-33-31-29-27-25-23-21-19-17-15-13-10-7-2)58-54(57)48-49-44-45-52(51(49)43-38-11-8-3)59-53(56)46-47-55(4)5/h11,16-19,22-25,38,49-52H,6-10,12-15,20-21,26-37,39-48H2,1-5H3/b18-16-,19-17-,24-22-,25-23-,38-11-. The first kappa shape index (κ1) is 54.6. The van der Waals surface area contributed by atoms with Gasteiger partial charge in [-0.2, -0.15) is 0 Å². The molecule has 59 heavy (non-hydrogen) atoms. The molecule has 0 aromatic heterocycles. The molecule has 0 aromatic rings. The van der Waals surface area contributed by atoms with Gasteiger partial charge in [-0.05, 0) is 136 Å². The summed E-state index contributed by atoms with van der Waals surface area (Å²) in [6.45, 7) is 7.35. The van der Waals surface area contributed by atoms with E-state index in [0.717, 1.165) is 64.2 Å². The predicted molar refractivity (Wildman–Crippen MR) is 256 cm³/mol. The molecule has 0 spiro atoms. The van der Waals surface area contributed by atoms with Crippen LogP contribution in [0.15, 0.2) is 60.8 Å². The smallest absolute Gasteiger partial charge is 0.307 e. The Hall–Kier alpha value is -2.40. The van der Waals surface area contributed by atoms with Crippen LogP contribution in [-0.4, -0.2) is 49.7 Å². The van der Waals surface area contributed by atoms with E-state index < -0.39 is 0 Å². The summed E-state index contributed by atoms with van der Waals surface area (Å²) in [4.78, 5) is 28.2. The van der Waals surface area contributed by atoms with Crippen LogP contribution in [0.25, 0.3) is 0 Å². The molecule has 1 saturated carbocycles. The molecule has 0 aliphatic heterocycles. The third-order valence-electron chi connectivity index (χ3n) is 11.9. The summed E-state index contributed by atoms with van der Waals surface area (Å²) in [6, 6.07) is 0. The first-order valence-electron chi connectivity index (χ1n) is 25.2. The Balaban J connectivity index is 2.53. The maximum absolute atomic E-state index is 13.6. The molecule has 3 unspecified atom stereocenters. The summed E-state index contributed by atoms with van der Waals surface area (Å²) in [5.41, 5.74) is 0. The number of allylic oxidation sites excluding steroid dienone is 10. The van der Waals surface area contributed by atoms with Crippen molar-refractivity contribution in [2.24, 2.45) is 11.8 Å². The highest BCUT2D eigenvalue weighted by Crippen LogP contribution is 2.39. The molecule has 1 aliphatic carbocycles. The van der Waals surface area contributed by atoms with Gasteiger partial charge in [-0.25, -0.2) is 0 Å². The van der Waals surface area contributed by atoms with Crippen molar-refractivity contribution in [1.29, 1.82) is 0 Å². The van der Waals surface area contributed by atoms with Crippen molar-refractivity contribution < 1.29 is 19.1 Å². The molecule has 1 aliphatic rings. The summed E-state index contributed by atoms with van der Waals surface area (Å²) in [5, 5.41) is 0. The minimum absolute atomic E-state index is 0.0126. The highest BCUT2D eigenvalue weighted by Gasteiger charge is 2.39. The molecular weight excluding hydrogens is 727 g/mol. The number of carbonyl (C=O) groups is 2. The van der Waals surface area contributed by atoms with Crippen molar-refractivity contribution in [2.75, 3.05) is 20.6 Å². The highest BCUT2D eigenvalue weighted by molar-refractivity contribution is 5.70. The maximum Gasteiger partial charge on any atom is 0.307 e. The lowest BCUT2D eigenvalue weighted by atomic mass is 9.88. The molecule has 5 nitrogen and oxygen atoms in total. The Morgan fingerprint density at radius 2 is 1.03 bits per heavy atom. The van der Waals surface area contributed by atoms with Crippen LogP contribution in [0.1, 0.15) is 226 Å². The maximum atomic E-state index is 13.6. The molecule has 1 fully saturated rings. The van der Waals surface area contributed by atoms with Crippen molar-refractivity contribution in [3.63, 3.8) is 0 Å². The third-order valence-corrected chi connectivity index (χ3v) is 11.9. The van der Waals surface area contributed by atoms with E-state index in [2.05, 4.69) is 81.5 Å². The van der Waals surface area contributed by atoms with Gasteiger partial charge in [-0.15, -0.1) is 0 Å². The molecule has 0 bridgehead atoms. The van der Waals surface area contributed by atoms with Gasteiger partial charge in [0, 0.05) is 18.9 Å². The second kappa shape index (κ2) is 41.0. The number of esters is 2. The van der Waals surface area contributed by atoms with Gasteiger partial charge < -0.3 is 14.4 Å². The van der Waals surface area contributed by atoms with Crippen LogP contribution in [-0.2, 0) is 19.1 Å². The Kier molecular flexibility index (Phi) is 37.9. The van der Waals surface area contributed by atoms with Gasteiger partial charge in [0.15, 0.2) is 0 Å². The van der Waals surface area contributed by atoms with Crippen LogP contribution < -0.4 is 0 Å². The van der Waals surface area contributed by atoms with Crippen LogP contribution in [0, 0.1) is 11.8 Å². The van der Waals surface area contributed by atoms with Crippen molar-refractivity contribution in [2.45, 2.75) is 238 Å². The second-order valence-corrected chi connectivity index (χ2v) is 17.8. The monoisotopic (exact) mass is 822 g/mol. The lowest BCUT2D eigenvalue weighted by molar-refractivity contribution is -0.152. The largest absolute Gasteiger partial charge is 0.462 e. The molecule has 1 rings (SSSR count). The zero-order valence-corrected chi connectivity index (χ0v) is 39.5. The number of nitrogens with zero attached hydrogens (tertiary/aromatic N) is 1. The van der Waals surface area contributed by atoms with E-state index >= 15 is 0 Å². The Labute approximate surface area is 366 Å². The summed E-state index contributed by atoms with van der Waals surface area (Å²) in [7, 11) is 3.95. The molecule has 0 radical (unpaired) electrons. The SMILES string of the molecule is CC/C=C\CC1C(CC(=O)OC(CCCCCCCC/C=C\C/C=C\CCCCC)CCCCCCCC/C=C\C/C=C\CCCCC)CCC1OC(=O)CCN(C)C. The Bertz CT molecular complexity index is 1070. The number of carbonyl (C=O) groups excluding carboxylic acids is 2. The summed E-state index contributed by atoms with van der Waals surface area (Å²) >= 11 is 0. The fraction of sp³-hybridized carbons (Fsp3) is 0.778. The van der Waals surface area contributed by atoms with E-state index in [4.69, 9.17) is 9.47 Å². The topological polar surface area (TPSA) is 55.8 Å². The van der Waals surface area contributed by atoms with Gasteiger partial charge in [0.05, 0.1) is 6.42 Å². The molecule has 5 heteroatoms. The highest BCUT2D eigenvalue weighted by atomic mass is 16.5. The number of hydrogen-bond donors (Lipinski definition) is 0. The van der Waals surface area contributed by atoms with E-state index in [0.29, 0.717) is 19.4 Å². The first-order chi connectivity index (χ1) is 28.9. The molecule has 3 atom stereocenters. The lowest BCUT2D eigenvalue weighted by Crippen LogP contribution is -2.28. The minimum Gasteiger partial charge on any atom is -0.462 e. The van der Waals surface area contributed by atoms with E-state index in [-0.39, 0.29) is 36.0 Å². The van der Waals surface area contributed by atoms with Crippen LogP contribution in [0.4, 0.5) is 0 Å². The van der Waals surface area contributed by atoms with Gasteiger partial charge in [-0.3, -0.25) is 9.59 Å². The molecule has 0 heterocycles. The fourth-order valence-corrected chi connectivity index (χ4v) is 8.25. The number of hydrogen-bond acceptors (Lipinski definition) is 5. The Morgan fingerprint density at radius 1 is 0.559 bits per heavy atom. The average molecular weight is 822 g/mol. The second-order valence-electron chi connectivity index (χ2n) is 17.8. The van der Waals surface area contributed by atoms with E-state index in [9.17, 15) is 9.59 Å².